The van der Waals surface area contributed by atoms with Crippen LogP contribution in [-0.4, -0.2) is 29.5 Å². The van der Waals surface area contributed by atoms with Gasteiger partial charge in [-0.2, -0.15) is 0 Å². The van der Waals surface area contributed by atoms with Gasteiger partial charge >= 0.3 is 6.09 Å². The van der Waals surface area contributed by atoms with Crippen LogP contribution in [0.4, 0.5) is 4.79 Å². The van der Waals surface area contributed by atoms with Crippen molar-refractivity contribution in [1.82, 2.24) is 4.90 Å². The second-order valence-corrected chi connectivity index (χ2v) is 7.08. The van der Waals surface area contributed by atoms with E-state index in [9.17, 15) is 9.59 Å². The summed E-state index contributed by atoms with van der Waals surface area (Å²) in [4.78, 5) is 26.5. The molecule has 26 heavy (non-hydrogen) atoms. The fourth-order valence-corrected chi connectivity index (χ4v) is 3.82. The highest BCUT2D eigenvalue weighted by Crippen LogP contribution is 2.27. The number of ether oxygens (including phenoxy) is 1. The van der Waals surface area contributed by atoms with Crippen molar-refractivity contribution >= 4 is 35.4 Å². The molecule has 0 radical (unpaired) electrons. The number of halogens is 1. The van der Waals surface area contributed by atoms with E-state index in [1.807, 2.05) is 60.7 Å². The smallest absolute Gasteiger partial charge is 0.417 e. The highest BCUT2D eigenvalue weighted by atomic mass is 35.5. The molecule has 1 atom stereocenters. The number of cyclic esters (lactones) is 1. The molecule has 1 fully saturated rings. The first kappa shape index (κ1) is 18.5. The minimum atomic E-state index is -0.618. The molecule has 1 aliphatic heterocycles. The first-order chi connectivity index (χ1) is 12.7. The number of carbonyl (C=O) groups excluding carboxylic acids is 2. The maximum Gasteiger partial charge on any atom is 0.417 e. The lowest BCUT2D eigenvalue weighted by molar-refractivity contribution is -0.124. The summed E-state index contributed by atoms with van der Waals surface area (Å²) in [5.74, 6) is 0.182. The van der Waals surface area contributed by atoms with E-state index in [0.29, 0.717) is 17.1 Å². The van der Waals surface area contributed by atoms with Crippen LogP contribution >= 0.6 is 23.4 Å². The van der Waals surface area contributed by atoms with Crippen LogP contribution in [0.3, 0.4) is 0 Å². The number of imide groups is 1. The van der Waals surface area contributed by atoms with Crippen LogP contribution in [-0.2, 0) is 21.7 Å². The Kier molecular flexibility index (Phi) is 6.36. The second-order valence-electron chi connectivity index (χ2n) is 5.84. The summed E-state index contributed by atoms with van der Waals surface area (Å²) in [7, 11) is 0. The van der Waals surface area contributed by atoms with E-state index in [0.717, 1.165) is 11.1 Å². The Morgan fingerprint density at radius 1 is 1.12 bits per heavy atom. The standard InChI is InChI=1S/C20H18ClNO3S/c21-12-18(26-14-16-9-5-2-6-10-16)19(23)22-17(13-25-20(22)24)11-15-7-3-1-4-8-15/h1-10,12,17H,11,13-14H2/b18-12-/t17-/m0/s1. The van der Waals surface area contributed by atoms with Gasteiger partial charge < -0.3 is 4.74 Å². The van der Waals surface area contributed by atoms with Gasteiger partial charge in [-0.1, -0.05) is 72.3 Å². The van der Waals surface area contributed by atoms with Crippen molar-refractivity contribution in [3.8, 4) is 0 Å². The quantitative estimate of drug-likeness (QED) is 0.680. The molecule has 3 rings (SSSR count). The van der Waals surface area contributed by atoms with Gasteiger partial charge in [-0.25, -0.2) is 9.69 Å². The third-order valence-corrected chi connectivity index (χ3v) is 5.47. The van der Waals surface area contributed by atoms with E-state index in [2.05, 4.69) is 0 Å². The molecule has 0 spiro atoms. The molecule has 0 bridgehead atoms. The summed E-state index contributed by atoms with van der Waals surface area (Å²) < 4.78 is 5.12. The predicted octanol–water partition coefficient (Wildman–Crippen LogP) is 4.59. The van der Waals surface area contributed by atoms with Gasteiger partial charge in [-0.15, -0.1) is 11.8 Å². The number of benzene rings is 2. The molecule has 2 aromatic rings. The first-order valence-corrected chi connectivity index (χ1v) is 9.62. The average Bonchev–Trinajstić information content (AvgIpc) is 3.04. The lowest BCUT2D eigenvalue weighted by Crippen LogP contribution is -2.40. The Bertz CT molecular complexity index is 795. The monoisotopic (exact) mass is 387 g/mol. The molecule has 0 unspecified atom stereocenters. The molecule has 6 heteroatoms. The van der Waals surface area contributed by atoms with Crippen molar-refractivity contribution in [2.24, 2.45) is 0 Å². The van der Waals surface area contributed by atoms with Gasteiger partial charge in [-0.3, -0.25) is 4.79 Å². The van der Waals surface area contributed by atoms with Gasteiger partial charge in [0.1, 0.15) is 6.61 Å². The zero-order chi connectivity index (χ0) is 18.4. The van der Waals surface area contributed by atoms with E-state index in [-0.39, 0.29) is 12.6 Å². The molecule has 0 aromatic heterocycles. The number of amides is 2. The molecule has 134 valence electrons. The number of nitrogens with zero attached hydrogens (tertiary/aromatic N) is 1. The Morgan fingerprint density at radius 2 is 1.73 bits per heavy atom. The molecule has 1 saturated heterocycles. The predicted molar refractivity (Wildman–Crippen MR) is 104 cm³/mol. The molecule has 0 N–H and O–H groups in total. The SMILES string of the molecule is O=C1OC[C@H](Cc2ccccc2)N1C(=O)/C(=C/Cl)SCc1ccccc1. The van der Waals surface area contributed by atoms with Gasteiger partial charge in [0.15, 0.2) is 0 Å². The third kappa shape index (κ3) is 4.48. The average molecular weight is 388 g/mol. The number of thioether (sulfide) groups is 1. The molecule has 2 amide bonds. The normalized spacial score (nSPS) is 17.3. The van der Waals surface area contributed by atoms with Crippen molar-refractivity contribution in [2.75, 3.05) is 6.61 Å². The summed E-state index contributed by atoms with van der Waals surface area (Å²) in [6.07, 6.45) is -0.0655. The molecule has 4 nitrogen and oxygen atoms in total. The molecule has 2 aromatic carbocycles. The summed E-state index contributed by atoms with van der Waals surface area (Å²) in [6, 6.07) is 19.2. The third-order valence-electron chi connectivity index (χ3n) is 4.04. The minimum Gasteiger partial charge on any atom is -0.447 e. The fraction of sp³-hybridized carbons (Fsp3) is 0.200. The zero-order valence-electron chi connectivity index (χ0n) is 14.0. The molecule has 1 heterocycles. The Balaban J connectivity index is 1.69. The second kappa shape index (κ2) is 8.92. The maximum atomic E-state index is 12.9. The largest absolute Gasteiger partial charge is 0.447 e. The highest BCUT2D eigenvalue weighted by molar-refractivity contribution is 8.03. The van der Waals surface area contributed by atoms with Crippen molar-refractivity contribution in [3.05, 3.63) is 82.2 Å². The topological polar surface area (TPSA) is 46.6 Å². The van der Waals surface area contributed by atoms with Crippen LogP contribution in [0.2, 0.25) is 0 Å². The summed E-state index contributed by atoms with van der Waals surface area (Å²) >= 11 is 7.19. The summed E-state index contributed by atoms with van der Waals surface area (Å²) in [6.45, 7) is 0.193. The lowest BCUT2D eigenvalue weighted by atomic mass is 10.1. The zero-order valence-corrected chi connectivity index (χ0v) is 15.6. The lowest BCUT2D eigenvalue weighted by Gasteiger charge is -2.20. The Labute approximate surface area is 161 Å². The van der Waals surface area contributed by atoms with Crippen LogP contribution in [0, 0.1) is 0 Å². The molecule has 0 aliphatic carbocycles. The summed E-state index contributed by atoms with van der Waals surface area (Å²) in [5.41, 5.74) is 3.36. The van der Waals surface area contributed by atoms with Gasteiger partial charge in [0.2, 0.25) is 0 Å². The molecular weight excluding hydrogens is 370 g/mol. The first-order valence-electron chi connectivity index (χ1n) is 8.20. The minimum absolute atomic E-state index is 0.193. The summed E-state index contributed by atoms with van der Waals surface area (Å²) in [5, 5.41) is 0. The number of hydrogen-bond donors (Lipinski definition) is 0. The van der Waals surface area contributed by atoms with Gasteiger partial charge in [0.05, 0.1) is 10.9 Å². The van der Waals surface area contributed by atoms with Gasteiger partial charge in [0.25, 0.3) is 5.91 Å². The fourth-order valence-electron chi connectivity index (χ4n) is 2.74. The van der Waals surface area contributed by atoms with Crippen LogP contribution in [0.15, 0.2) is 71.1 Å². The van der Waals surface area contributed by atoms with Crippen LogP contribution < -0.4 is 0 Å². The Hall–Kier alpha value is -2.24. The van der Waals surface area contributed by atoms with E-state index < -0.39 is 12.0 Å². The van der Waals surface area contributed by atoms with E-state index in [4.69, 9.17) is 16.3 Å². The van der Waals surface area contributed by atoms with Crippen molar-refractivity contribution < 1.29 is 14.3 Å². The molecular formula is C20H18ClNO3S. The maximum absolute atomic E-state index is 12.9. The van der Waals surface area contributed by atoms with Crippen molar-refractivity contribution in [2.45, 2.75) is 18.2 Å². The molecule has 1 aliphatic rings. The van der Waals surface area contributed by atoms with E-state index >= 15 is 0 Å². The van der Waals surface area contributed by atoms with E-state index in [1.54, 1.807) is 0 Å². The van der Waals surface area contributed by atoms with Crippen LogP contribution in [0.5, 0.6) is 0 Å². The highest BCUT2D eigenvalue weighted by Gasteiger charge is 2.39. The van der Waals surface area contributed by atoms with Crippen LogP contribution in [0.1, 0.15) is 11.1 Å². The van der Waals surface area contributed by atoms with Crippen LogP contribution in [0.25, 0.3) is 0 Å². The van der Waals surface area contributed by atoms with Gasteiger partial charge in [-0.05, 0) is 17.5 Å². The number of hydrogen-bond acceptors (Lipinski definition) is 4. The number of carbonyl (C=O) groups is 2. The van der Waals surface area contributed by atoms with Crippen molar-refractivity contribution in [1.29, 1.82) is 0 Å². The number of rotatable bonds is 6. The van der Waals surface area contributed by atoms with Crippen molar-refractivity contribution in [3.63, 3.8) is 0 Å². The molecule has 0 saturated carbocycles. The van der Waals surface area contributed by atoms with E-state index in [1.165, 1.54) is 22.2 Å². The van der Waals surface area contributed by atoms with Gasteiger partial charge in [0, 0.05) is 11.3 Å². The Morgan fingerprint density at radius 3 is 2.35 bits per heavy atom.